The molecule has 10 heteroatoms. The predicted octanol–water partition coefficient (Wildman–Crippen LogP) is -0.963. The number of aryl methyl sites for hydroxylation is 1. The molecule has 152 valence electrons. The van der Waals surface area contributed by atoms with Crippen molar-refractivity contribution in [3.05, 3.63) is 36.7 Å². The number of urea groups is 1. The summed E-state index contributed by atoms with van der Waals surface area (Å²) in [4.78, 5) is 51.5. The molecule has 1 aromatic rings. The highest BCUT2D eigenvalue weighted by Crippen LogP contribution is 2.22. The summed E-state index contributed by atoms with van der Waals surface area (Å²) < 4.78 is 1.66. The van der Waals surface area contributed by atoms with E-state index in [1.807, 2.05) is 0 Å². The predicted molar refractivity (Wildman–Crippen MR) is 102 cm³/mol. The summed E-state index contributed by atoms with van der Waals surface area (Å²) in [7, 11) is 3.19. The number of nitrogens with two attached hydrogens (primary N) is 1. The van der Waals surface area contributed by atoms with Gasteiger partial charge in [-0.25, -0.2) is 4.79 Å². The van der Waals surface area contributed by atoms with Gasteiger partial charge >= 0.3 is 6.03 Å². The van der Waals surface area contributed by atoms with E-state index in [9.17, 15) is 19.2 Å². The SMILES string of the molecule is C=CCNC(=O)NC1CC(C(=O)N(C)CC(N)=O)N(C(=O)c2cccn2C)C1. The molecule has 28 heavy (non-hydrogen) atoms. The van der Waals surface area contributed by atoms with E-state index in [2.05, 4.69) is 17.2 Å². The summed E-state index contributed by atoms with van der Waals surface area (Å²) in [5.41, 5.74) is 5.59. The average Bonchev–Trinajstić information content (AvgIpc) is 3.24. The molecule has 1 aromatic heterocycles. The molecule has 0 radical (unpaired) electrons. The maximum absolute atomic E-state index is 13.0. The lowest BCUT2D eigenvalue weighted by molar-refractivity contribution is -0.137. The second-order valence-corrected chi connectivity index (χ2v) is 6.71. The molecule has 0 aliphatic carbocycles. The van der Waals surface area contributed by atoms with Crippen molar-refractivity contribution >= 4 is 23.8 Å². The third kappa shape index (κ3) is 4.90. The van der Waals surface area contributed by atoms with Gasteiger partial charge in [-0.2, -0.15) is 0 Å². The van der Waals surface area contributed by atoms with Gasteiger partial charge in [0.05, 0.1) is 12.6 Å². The maximum Gasteiger partial charge on any atom is 0.315 e. The minimum atomic E-state index is -0.809. The fourth-order valence-corrected chi connectivity index (χ4v) is 3.20. The monoisotopic (exact) mass is 390 g/mol. The van der Waals surface area contributed by atoms with Crippen molar-refractivity contribution in [2.24, 2.45) is 12.8 Å². The Hall–Kier alpha value is -3.30. The standard InChI is InChI=1S/C18H26N6O4/c1-4-7-20-18(28)21-12-9-14(16(26)23(3)11-15(19)25)24(10-12)17(27)13-6-5-8-22(13)2/h4-6,8,12,14H,1,7,9-11H2,2-3H3,(H2,19,25)(H2,20,21,28). The number of hydrogen-bond acceptors (Lipinski definition) is 4. The van der Waals surface area contributed by atoms with Crippen LogP contribution in [0, 0.1) is 0 Å². The summed E-state index contributed by atoms with van der Waals surface area (Å²) in [5.74, 6) is -1.38. The van der Waals surface area contributed by atoms with Crippen LogP contribution < -0.4 is 16.4 Å². The van der Waals surface area contributed by atoms with Gasteiger partial charge in [-0.15, -0.1) is 6.58 Å². The zero-order chi connectivity index (χ0) is 20.8. The first-order valence-corrected chi connectivity index (χ1v) is 8.85. The molecule has 0 saturated carbocycles. The van der Waals surface area contributed by atoms with Crippen LogP contribution in [-0.2, 0) is 16.6 Å². The number of nitrogens with zero attached hydrogens (tertiary/aromatic N) is 3. The summed E-state index contributed by atoms with van der Waals surface area (Å²) >= 11 is 0. The van der Waals surface area contributed by atoms with Crippen molar-refractivity contribution in [1.82, 2.24) is 25.0 Å². The Kier molecular flexibility index (Phi) is 6.80. The van der Waals surface area contributed by atoms with E-state index in [-0.39, 0.29) is 25.4 Å². The van der Waals surface area contributed by atoms with E-state index in [0.29, 0.717) is 12.2 Å². The second-order valence-electron chi connectivity index (χ2n) is 6.71. The number of hydrogen-bond donors (Lipinski definition) is 3. The van der Waals surface area contributed by atoms with E-state index < -0.39 is 29.9 Å². The largest absolute Gasteiger partial charge is 0.368 e. The third-order valence-corrected chi connectivity index (χ3v) is 4.52. The number of likely N-dealkylation sites (N-methyl/N-ethyl adjacent to an activating group) is 1. The highest BCUT2D eigenvalue weighted by atomic mass is 16.2. The molecular formula is C18H26N6O4. The fourth-order valence-electron chi connectivity index (χ4n) is 3.20. The molecule has 2 heterocycles. The van der Waals surface area contributed by atoms with Gasteiger partial charge in [-0.1, -0.05) is 6.08 Å². The number of rotatable bonds is 7. The highest BCUT2D eigenvalue weighted by molar-refractivity contribution is 5.97. The van der Waals surface area contributed by atoms with Gasteiger partial charge in [-0.05, 0) is 18.6 Å². The highest BCUT2D eigenvalue weighted by Gasteiger charge is 2.42. The number of aromatic nitrogens is 1. The van der Waals surface area contributed by atoms with Crippen LogP contribution in [0.15, 0.2) is 31.0 Å². The van der Waals surface area contributed by atoms with Crippen LogP contribution in [0.1, 0.15) is 16.9 Å². The number of amides is 5. The molecule has 2 unspecified atom stereocenters. The Balaban J connectivity index is 2.19. The Morgan fingerprint density at radius 3 is 2.68 bits per heavy atom. The average molecular weight is 390 g/mol. The van der Waals surface area contributed by atoms with Gasteiger partial charge < -0.3 is 30.7 Å². The van der Waals surface area contributed by atoms with Crippen molar-refractivity contribution in [2.75, 3.05) is 26.7 Å². The smallest absolute Gasteiger partial charge is 0.315 e. The number of likely N-dealkylation sites (tertiary alicyclic amines) is 1. The van der Waals surface area contributed by atoms with Crippen molar-refractivity contribution in [1.29, 1.82) is 0 Å². The normalized spacial score (nSPS) is 18.4. The molecule has 2 rings (SSSR count). The first-order chi connectivity index (χ1) is 13.2. The zero-order valence-corrected chi connectivity index (χ0v) is 16.1. The Bertz CT molecular complexity index is 774. The second kappa shape index (κ2) is 9.07. The first-order valence-electron chi connectivity index (χ1n) is 8.85. The lowest BCUT2D eigenvalue weighted by atomic mass is 10.1. The molecule has 1 aliphatic rings. The quantitative estimate of drug-likeness (QED) is 0.518. The van der Waals surface area contributed by atoms with Gasteiger partial charge in [-0.3, -0.25) is 14.4 Å². The number of nitrogens with one attached hydrogen (secondary N) is 2. The zero-order valence-electron chi connectivity index (χ0n) is 16.1. The van der Waals surface area contributed by atoms with Crippen molar-refractivity contribution < 1.29 is 19.2 Å². The summed E-state index contributed by atoms with van der Waals surface area (Å²) in [5, 5.41) is 5.36. The summed E-state index contributed by atoms with van der Waals surface area (Å²) in [6.45, 7) is 3.75. The van der Waals surface area contributed by atoms with Gasteiger partial charge in [0.1, 0.15) is 11.7 Å². The Morgan fingerprint density at radius 2 is 2.11 bits per heavy atom. The van der Waals surface area contributed by atoms with Crippen LogP contribution in [0.5, 0.6) is 0 Å². The molecule has 4 N–H and O–H groups in total. The van der Waals surface area contributed by atoms with Gasteiger partial charge in [0.25, 0.3) is 5.91 Å². The van der Waals surface area contributed by atoms with Crippen LogP contribution in [0.3, 0.4) is 0 Å². The molecule has 0 spiro atoms. The molecule has 0 bridgehead atoms. The van der Waals surface area contributed by atoms with E-state index in [1.165, 1.54) is 16.8 Å². The number of primary amides is 1. The maximum atomic E-state index is 13.0. The topological polar surface area (TPSA) is 130 Å². The summed E-state index contributed by atoms with van der Waals surface area (Å²) in [6.07, 6.45) is 3.52. The number of carbonyl (C=O) groups excluding carboxylic acids is 4. The molecule has 10 nitrogen and oxygen atoms in total. The molecule has 1 saturated heterocycles. The molecule has 1 fully saturated rings. The lowest BCUT2D eigenvalue weighted by Gasteiger charge is -2.27. The van der Waals surface area contributed by atoms with Crippen molar-refractivity contribution in [3.8, 4) is 0 Å². The van der Waals surface area contributed by atoms with Gasteiger partial charge in [0.15, 0.2) is 0 Å². The third-order valence-electron chi connectivity index (χ3n) is 4.52. The first kappa shape index (κ1) is 21.0. The van der Waals surface area contributed by atoms with Crippen LogP contribution in [0.25, 0.3) is 0 Å². The van der Waals surface area contributed by atoms with E-state index in [4.69, 9.17) is 5.73 Å². The fraction of sp³-hybridized carbons (Fsp3) is 0.444. The minimum absolute atomic E-state index is 0.173. The van der Waals surface area contributed by atoms with Crippen molar-refractivity contribution in [2.45, 2.75) is 18.5 Å². The molecular weight excluding hydrogens is 364 g/mol. The molecule has 1 aliphatic heterocycles. The Morgan fingerprint density at radius 1 is 1.39 bits per heavy atom. The van der Waals surface area contributed by atoms with Crippen LogP contribution in [0.2, 0.25) is 0 Å². The molecule has 2 atom stereocenters. The molecule has 0 aromatic carbocycles. The van der Waals surface area contributed by atoms with E-state index in [0.717, 1.165) is 0 Å². The lowest BCUT2D eigenvalue weighted by Crippen LogP contribution is -2.48. The minimum Gasteiger partial charge on any atom is -0.368 e. The van der Waals surface area contributed by atoms with E-state index >= 15 is 0 Å². The number of carbonyl (C=O) groups is 4. The van der Waals surface area contributed by atoms with Gasteiger partial charge in [0.2, 0.25) is 11.8 Å². The van der Waals surface area contributed by atoms with Crippen molar-refractivity contribution in [3.63, 3.8) is 0 Å². The van der Waals surface area contributed by atoms with Gasteiger partial charge in [0, 0.05) is 33.4 Å². The van der Waals surface area contributed by atoms with Crippen LogP contribution in [0.4, 0.5) is 4.79 Å². The molecule has 5 amide bonds. The Labute approximate surface area is 163 Å². The van der Waals surface area contributed by atoms with E-state index in [1.54, 1.807) is 36.0 Å². The van der Waals surface area contributed by atoms with Crippen LogP contribution >= 0.6 is 0 Å². The summed E-state index contributed by atoms with van der Waals surface area (Å²) in [6, 6.07) is 1.77. The van der Waals surface area contributed by atoms with Crippen LogP contribution in [-0.4, -0.2) is 76.9 Å².